The smallest absolute Gasteiger partial charge is 0.243 e. The molecule has 1 heterocycles. The number of carbonyl (C=O) groups excluding carboxylic acids is 1. The molecule has 1 saturated heterocycles. The molecule has 5 nitrogen and oxygen atoms in total. The molecule has 0 unspecified atom stereocenters. The van der Waals surface area contributed by atoms with Crippen molar-refractivity contribution in [2.45, 2.75) is 4.90 Å². The number of halogens is 2. The van der Waals surface area contributed by atoms with Crippen molar-refractivity contribution in [2.75, 3.05) is 26.2 Å². The molecule has 1 aliphatic rings. The summed E-state index contributed by atoms with van der Waals surface area (Å²) in [6.07, 6.45) is 0. The number of hydrogen-bond acceptors (Lipinski definition) is 4. The maximum Gasteiger partial charge on any atom is 0.243 e. The molecule has 0 amide bonds. The van der Waals surface area contributed by atoms with Crippen LogP contribution in [-0.2, 0) is 10.0 Å². The van der Waals surface area contributed by atoms with E-state index in [4.69, 9.17) is 0 Å². The van der Waals surface area contributed by atoms with E-state index in [2.05, 4.69) is 26.0 Å². The van der Waals surface area contributed by atoms with Crippen LogP contribution in [0.1, 0.15) is 10.4 Å². The molecule has 2 rings (SSSR count). The van der Waals surface area contributed by atoms with Crippen molar-refractivity contribution in [1.29, 1.82) is 0 Å². The highest BCUT2D eigenvalue weighted by Crippen LogP contribution is 2.19. The van der Waals surface area contributed by atoms with Crippen LogP contribution in [0.3, 0.4) is 0 Å². The number of nitrogens with zero attached hydrogens (tertiary/aromatic N) is 2. The highest BCUT2D eigenvalue weighted by atomic mass is 127. The molecule has 1 aromatic rings. The highest BCUT2D eigenvalue weighted by molar-refractivity contribution is 14.1. The number of hydrogen-bond donors (Lipinski definition) is 0. The zero-order valence-corrected chi connectivity index (χ0v) is 15.1. The van der Waals surface area contributed by atoms with E-state index in [-0.39, 0.29) is 8.69 Å². The summed E-state index contributed by atoms with van der Waals surface area (Å²) in [6.45, 7) is 2.45. The molecular weight excluding hydrogens is 494 g/mol. The quantitative estimate of drug-likeness (QED) is 0.358. The van der Waals surface area contributed by atoms with Crippen LogP contribution < -0.4 is 0 Å². The molecule has 0 aliphatic carbocycles. The van der Waals surface area contributed by atoms with Gasteiger partial charge in [0.1, 0.15) is 0 Å². The van der Waals surface area contributed by atoms with Crippen LogP contribution in [0.4, 0.5) is 0 Å². The lowest BCUT2D eigenvalue weighted by molar-refractivity contribution is 0.110. The third kappa shape index (κ3) is 3.65. The molecule has 0 radical (unpaired) electrons. The Morgan fingerprint density at radius 3 is 2.05 bits per heavy atom. The molecule has 1 aromatic carbocycles. The summed E-state index contributed by atoms with van der Waals surface area (Å²) in [4.78, 5) is 11.4. The fourth-order valence-electron chi connectivity index (χ4n) is 1.81. The minimum absolute atomic E-state index is 0.0972. The second-order valence-corrected chi connectivity index (χ2v) is 8.39. The summed E-state index contributed by atoms with van der Waals surface area (Å²) < 4.78 is 28.2. The van der Waals surface area contributed by atoms with Crippen molar-refractivity contribution in [3.63, 3.8) is 0 Å². The molecular formula is C11H12I2N2O3S. The first-order valence-electron chi connectivity index (χ1n) is 5.62. The van der Waals surface area contributed by atoms with E-state index >= 15 is 0 Å². The van der Waals surface area contributed by atoms with E-state index in [0.717, 1.165) is 13.1 Å². The van der Waals surface area contributed by atoms with E-state index in [1.807, 2.05) is 0 Å². The van der Waals surface area contributed by atoms with Gasteiger partial charge in [0.25, 0.3) is 0 Å². The lowest BCUT2D eigenvalue weighted by Gasteiger charge is -2.30. The first kappa shape index (κ1) is 15.6. The predicted octanol–water partition coefficient (Wildman–Crippen LogP) is 1.92. The van der Waals surface area contributed by atoms with Crippen molar-refractivity contribution >= 4 is 59.3 Å². The van der Waals surface area contributed by atoms with Gasteiger partial charge in [0, 0.05) is 77.2 Å². The van der Waals surface area contributed by atoms with E-state index in [9.17, 15) is 13.2 Å². The average Bonchev–Trinajstić information content (AvgIpc) is 2.39. The van der Waals surface area contributed by atoms with Gasteiger partial charge >= 0.3 is 0 Å². The fraction of sp³-hybridized carbons (Fsp3) is 0.364. The van der Waals surface area contributed by atoms with E-state index in [1.54, 1.807) is 34.7 Å². The summed E-state index contributed by atoms with van der Waals surface area (Å²) in [6, 6.07) is 6.10. The van der Waals surface area contributed by atoms with Gasteiger partial charge < -0.3 is 0 Å². The minimum Gasteiger partial charge on any atom is -0.282 e. The van der Waals surface area contributed by atoms with Gasteiger partial charge in [0.05, 0.1) is 4.90 Å². The maximum absolute atomic E-state index is 12.4. The highest BCUT2D eigenvalue weighted by Gasteiger charge is 2.27. The molecule has 0 saturated carbocycles. The summed E-state index contributed by atoms with van der Waals surface area (Å²) in [5, 5.41) is 0. The number of sulfonamides is 1. The van der Waals surface area contributed by atoms with Gasteiger partial charge in [-0.2, -0.15) is 4.31 Å². The Hall–Kier alpha value is 0.220. The van der Waals surface area contributed by atoms with Crippen molar-refractivity contribution in [3.8, 4) is 0 Å². The van der Waals surface area contributed by atoms with E-state index < -0.39 is 10.0 Å². The summed E-state index contributed by atoms with van der Waals surface area (Å²) in [5.41, 5.74) is 0.511. The molecule has 0 N–H and O–H groups in total. The van der Waals surface area contributed by atoms with E-state index in [1.165, 1.54) is 16.4 Å². The molecule has 19 heavy (non-hydrogen) atoms. The van der Waals surface area contributed by atoms with Crippen LogP contribution in [0, 0.1) is 0 Å². The van der Waals surface area contributed by atoms with Gasteiger partial charge in [0.2, 0.25) is 13.8 Å². The van der Waals surface area contributed by atoms with Crippen LogP contribution in [0.15, 0.2) is 29.2 Å². The lowest BCUT2D eigenvalue weighted by Crippen LogP contribution is -2.45. The third-order valence-electron chi connectivity index (χ3n) is 2.90. The number of carbonyl (C=O) groups is 1. The first-order chi connectivity index (χ1) is 8.91. The van der Waals surface area contributed by atoms with E-state index in [0.29, 0.717) is 18.7 Å². The molecule has 0 spiro atoms. The Kier molecular flexibility index (Phi) is 5.20. The minimum atomic E-state index is -3.44. The SMILES string of the molecule is O=C(I)c1ccc(S(=O)(=O)N2CCN(I)CC2)cc1. The molecule has 8 heteroatoms. The van der Waals surface area contributed by atoms with Gasteiger partial charge in [-0.25, -0.2) is 11.5 Å². The van der Waals surface area contributed by atoms with Gasteiger partial charge in [-0.3, -0.25) is 4.79 Å². The normalized spacial score (nSPS) is 18.4. The van der Waals surface area contributed by atoms with Crippen LogP contribution in [-0.4, -0.2) is 45.8 Å². The number of rotatable bonds is 3. The van der Waals surface area contributed by atoms with Gasteiger partial charge in [-0.15, -0.1) is 0 Å². The van der Waals surface area contributed by atoms with Crippen molar-refractivity contribution < 1.29 is 13.2 Å². The number of benzene rings is 1. The summed E-state index contributed by atoms with van der Waals surface area (Å²) >= 11 is 3.88. The molecule has 1 fully saturated rings. The lowest BCUT2D eigenvalue weighted by atomic mass is 10.2. The van der Waals surface area contributed by atoms with Crippen molar-refractivity contribution in [2.24, 2.45) is 0 Å². The largest absolute Gasteiger partial charge is 0.282 e. The number of piperazine rings is 1. The molecule has 0 atom stereocenters. The fourth-order valence-corrected chi connectivity index (χ4v) is 4.02. The van der Waals surface area contributed by atoms with Gasteiger partial charge in [-0.1, -0.05) is 0 Å². The van der Waals surface area contributed by atoms with Crippen LogP contribution in [0.5, 0.6) is 0 Å². The standard InChI is InChI=1S/C11H12I2N2O3S/c12-11(16)9-1-3-10(4-2-9)19(17,18)15-7-5-14(13)6-8-15/h1-4H,5-8H2. The van der Waals surface area contributed by atoms with Gasteiger partial charge in [-0.05, 0) is 24.3 Å². The molecule has 1 aliphatic heterocycles. The van der Waals surface area contributed by atoms with Crippen LogP contribution >= 0.6 is 45.5 Å². The van der Waals surface area contributed by atoms with Crippen molar-refractivity contribution in [1.82, 2.24) is 7.42 Å². The zero-order valence-electron chi connectivity index (χ0n) is 9.92. The Bertz CT molecular complexity index is 566. The summed E-state index contributed by atoms with van der Waals surface area (Å²) in [7, 11) is -3.44. The molecule has 0 aromatic heterocycles. The van der Waals surface area contributed by atoms with Crippen LogP contribution in [0.2, 0.25) is 0 Å². The monoisotopic (exact) mass is 506 g/mol. The summed E-state index contributed by atoms with van der Waals surface area (Å²) in [5.74, 6) is 0. The Labute approximate surface area is 140 Å². The van der Waals surface area contributed by atoms with Crippen molar-refractivity contribution in [3.05, 3.63) is 29.8 Å². The average molecular weight is 506 g/mol. The first-order valence-corrected chi connectivity index (χ1v) is 9.10. The Morgan fingerprint density at radius 1 is 1.05 bits per heavy atom. The predicted molar refractivity (Wildman–Crippen MR) is 89.1 cm³/mol. The molecule has 0 bridgehead atoms. The second-order valence-electron chi connectivity index (χ2n) is 4.11. The Balaban J connectivity index is 2.22. The van der Waals surface area contributed by atoms with Crippen LogP contribution in [0.25, 0.3) is 0 Å². The Morgan fingerprint density at radius 2 is 1.58 bits per heavy atom. The topological polar surface area (TPSA) is 57.7 Å². The van der Waals surface area contributed by atoms with Gasteiger partial charge in [0.15, 0.2) is 0 Å². The zero-order chi connectivity index (χ0) is 14.0. The maximum atomic E-state index is 12.4. The third-order valence-corrected chi connectivity index (χ3v) is 6.40. The second kappa shape index (κ2) is 6.33. The molecule has 104 valence electrons.